The molecule has 0 heteroatoms. The summed E-state index contributed by atoms with van der Waals surface area (Å²) in [5.41, 5.74) is 18.7. The molecule has 0 bridgehead atoms. The van der Waals surface area contributed by atoms with Gasteiger partial charge in [-0.25, -0.2) is 0 Å². The number of benzene rings is 8. The summed E-state index contributed by atoms with van der Waals surface area (Å²) >= 11 is 0. The monoisotopic (exact) mass is 638 g/mol. The maximum atomic E-state index is 2.50. The van der Waals surface area contributed by atoms with Crippen LogP contribution >= 0.6 is 0 Å². The zero-order chi connectivity index (χ0) is 33.8. The van der Waals surface area contributed by atoms with Crippen LogP contribution in [-0.4, -0.2) is 0 Å². The Labute approximate surface area is 294 Å². The van der Waals surface area contributed by atoms with Gasteiger partial charge in [-0.15, -0.1) is 0 Å². The van der Waals surface area contributed by atoms with Gasteiger partial charge < -0.3 is 0 Å². The first kappa shape index (κ1) is 29.2. The van der Waals surface area contributed by atoms with E-state index in [1.165, 1.54) is 99.4 Å². The Bertz CT molecular complexity index is 2700. The van der Waals surface area contributed by atoms with Crippen LogP contribution in [0.4, 0.5) is 0 Å². The van der Waals surface area contributed by atoms with Gasteiger partial charge in [-0.3, -0.25) is 0 Å². The van der Waals surface area contributed by atoms with Gasteiger partial charge in [-0.05, 0) is 142 Å². The molecule has 8 aromatic carbocycles. The van der Waals surface area contributed by atoms with Gasteiger partial charge in [0.2, 0.25) is 0 Å². The normalized spacial score (nSPS) is 14.7. The van der Waals surface area contributed by atoms with Crippen LogP contribution in [-0.2, 0) is 10.8 Å². The van der Waals surface area contributed by atoms with Gasteiger partial charge in [0.25, 0.3) is 0 Å². The van der Waals surface area contributed by atoms with Crippen molar-refractivity contribution in [3.05, 3.63) is 180 Å². The highest BCUT2D eigenvalue weighted by atomic mass is 14.4. The van der Waals surface area contributed by atoms with Crippen molar-refractivity contribution >= 4 is 21.5 Å². The van der Waals surface area contributed by atoms with Crippen molar-refractivity contribution < 1.29 is 0 Å². The van der Waals surface area contributed by atoms with Crippen LogP contribution < -0.4 is 0 Å². The molecule has 0 aromatic heterocycles. The van der Waals surface area contributed by atoms with Crippen molar-refractivity contribution in [2.45, 2.75) is 38.5 Å². The van der Waals surface area contributed by atoms with Gasteiger partial charge in [-0.1, -0.05) is 143 Å². The van der Waals surface area contributed by atoms with E-state index in [1.807, 2.05) is 0 Å². The largest absolute Gasteiger partial charge is 0.0619 e. The fraction of sp³-hybridized carbons (Fsp3) is 0.120. The maximum Gasteiger partial charge on any atom is 0.0159 e. The molecule has 0 N–H and O–H groups in total. The summed E-state index contributed by atoms with van der Waals surface area (Å²) in [5, 5.41) is 5.06. The van der Waals surface area contributed by atoms with Crippen molar-refractivity contribution in [2.75, 3.05) is 0 Å². The van der Waals surface area contributed by atoms with Gasteiger partial charge in [0, 0.05) is 10.8 Å². The van der Waals surface area contributed by atoms with Gasteiger partial charge >= 0.3 is 0 Å². The van der Waals surface area contributed by atoms with E-state index in [0.717, 1.165) is 0 Å². The summed E-state index contributed by atoms with van der Waals surface area (Å²) in [6.07, 6.45) is 0. The standard InChI is InChI=1S/C50H38/c1-49(2)45-15-8-7-14-41(45)43-29-48-44(30-47(43)49)42-23-22-40(28-46(42)50(48,3)4)34-13-9-12-33(25-34)35-18-19-39-27-38(21-20-37(39)26-35)36-17-16-31-10-5-6-11-32(31)24-36/h5-30H,1-4H3. The molecule has 2 aliphatic rings. The molecule has 8 aromatic rings. The molecule has 10 rings (SSSR count). The lowest BCUT2D eigenvalue weighted by Crippen LogP contribution is -2.17. The lowest BCUT2D eigenvalue weighted by Gasteiger charge is -2.24. The van der Waals surface area contributed by atoms with Crippen LogP contribution in [0.5, 0.6) is 0 Å². The fourth-order valence-corrected chi connectivity index (χ4v) is 8.96. The summed E-state index contributed by atoms with van der Waals surface area (Å²) in [5.74, 6) is 0. The summed E-state index contributed by atoms with van der Waals surface area (Å²) in [7, 11) is 0. The average Bonchev–Trinajstić information content (AvgIpc) is 3.52. The molecule has 0 fully saturated rings. The lowest BCUT2D eigenvalue weighted by atomic mass is 9.79. The minimum absolute atomic E-state index is 0.00346. The Balaban J connectivity index is 0.989. The van der Waals surface area contributed by atoms with Crippen molar-refractivity contribution in [1.29, 1.82) is 0 Å². The Kier molecular flexibility index (Phi) is 6.07. The average molecular weight is 639 g/mol. The molecule has 0 saturated heterocycles. The van der Waals surface area contributed by atoms with Crippen LogP contribution in [0.2, 0.25) is 0 Å². The predicted octanol–water partition coefficient (Wildman–Crippen LogP) is 13.6. The van der Waals surface area contributed by atoms with E-state index in [4.69, 9.17) is 0 Å². The highest BCUT2D eigenvalue weighted by Gasteiger charge is 2.41. The van der Waals surface area contributed by atoms with Crippen LogP contribution in [0.15, 0.2) is 158 Å². The first-order chi connectivity index (χ1) is 24.3. The number of hydrogen-bond donors (Lipinski definition) is 0. The van der Waals surface area contributed by atoms with Crippen molar-refractivity contribution in [3.63, 3.8) is 0 Å². The fourth-order valence-electron chi connectivity index (χ4n) is 8.96. The van der Waals surface area contributed by atoms with Crippen LogP contribution in [0.1, 0.15) is 49.9 Å². The summed E-state index contributed by atoms with van der Waals surface area (Å²) in [6.45, 7) is 9.55. The lowest BCUT2D eigenvalue weighted by molar-refractivity contribution is 0.652. The summed E-state index contributed by atoms with van der Waals surface area (Å²) in [6, 6.07) is 59.2. The molecule has 0 atom stereocenters. The molecule has 238 valence electrons. The topological polar surface area (TPSA) is 0 Å². The maximum absolute atomic E-state index is 2.50. The summed E-state index contributed by atoms with van der Waals surface area (Å²) in [4.78, 5) is 0. The van der Waals surface area contributed by atoms with Crippen LogP contribution in [0.25, 0.3) is 77.2 Å². The van der Waals surface area contributed by atoms with Crippen LogP contribution in [0, 0.1) is 0 Å². The third kappa shape index (κ3) is 4.24. The molecule has 0 unspecified atom stereocenters. The highest BCUT2D eigenvalue weighted by molar-refractivity contribution is 5.94. The van der Waals surface area contributed by atoms with Gasteiger partial charge in [0.15, 0.2) is 0 Å². The second-order valence-corrected chi connectivity index (χ2v) is 15.4. The molecular formula is C50H38. The molecule has 0 amide bonds. The third-order valence-corrected chi connectivity index (χ3v) is 11.8. The van der Waals surface area contributed by atoms with Gasteiger partial charge in [-0.2, -0.15) is 0 Å². The highest BCUT2D eigenvalue weighted by Crippen LogP contribution is 2.56. The molecule has 0 radical (unpaired) electrons. The second kappa shape index (κ2) is 10.4. The minimum atomic E-state index is -0.0843. The van der Waals surface area contributed by atoms with Crippen molar-refractivity contribution in [3.8, 4) is 55.6 Å². The molecule has 0 heterocycles. The first-order valence-electron chi connectivity index (χ1n) is 17.8. The van der Waals surface area contributed by atoms with Crippen LogP contribution in [0.3, 0.4) is 0 Å². The van der Waals surface area contributed by atoms with Gasteiger partial charge in [0.1, 0.15) is 0 Å². The zero-order valence-corrected chi connectivity index (χ0v) is 29.0. The van der Waals surface area contributed by atoms with E-state index in [0.29, 0.717) is 0 Å². The molecule has 0 spiro atoms. The molecule has 0 saturated carbocycles. The second-order valence-electron chi connectivity index (χ2n) is 15.4. The van der Waals surface area contributed by atoms with E-state index in [2.05, 4.69) is 185 Å². The van der Waals surface area contributed by atoms with Crippen molar-refractivity contribution in [1.82, 2.24) is 0 Å². The molecule has 0 aliphatic heterocycles. The van der Waals surface area contributed by atoms with E-state index < -0.39 is 0 Å². The van der Waals surface area contributed by atoms with Gasteiger partial charge in [0.05, 0.1) is 0 Å². The number of rotatable bonds is 3. The molecular weight excluding hydrogens is 601 g/mol. The van der Waals surface area contributed by atoms with E-state index in [-0.39, 0.29) is 10.8 Å². The van der Waals surface area contributed by atoms with E-state index >= 15 is 0 Å². The molecule has 0 nitrogen and oxygen atoms in total. The van der Waals surface area contributed by atoms with E-state index in [9.17, 15) is 0 Å². The zero-order valence-electron chi connectivity index (χ0n) is 29.0. The molecule has 50 heavy (non-hydrogen) atoms. The molecule has 2 aliphatic carbocycles. The Morgan fingerprint density at radius 3 is 1.32 bits per heavy atom. The third-order valence-electron chi connectivity index (χ3n) is 11.8. The quantitative estimate of drug-likeness (QED) is 0.181. The minimum Gasteiger partial charge on any atom is -0.0619 e. The smallest absolute Gasteiger partial charge is 0.0159 e. The summed E-state index contributed by atoms with van der Waals surface area (Å²) < 4.78 is 0. The Hall–Kier alpha value is -5.72. The Morgan fingerprint density at radius 2 is 0.680 bits per heavy atom. The SMILES string of the molecule is CC1(C)c2ccccc2-c2cc3c(cc21)-c1ccc(-c2cccc(-c4ccc5cc(-c6ccc7ccccc7c6)ccc5c4)c2)cc1C3(C)C. The van der Waals surface area contributed by atoms with Crippen molar-refractivity contribution in [2.24, 2.45) is 0 Å². The Morgan fingerprint density at radius 1 is 0.260 bits per heavy atom. The van der Waals surface area contributed by atoms with E-state index in [1.54, 1.807) is 0 Å². The number of fused-ring (bicyclic) bond motifs is 8. The first-order valence-corrected chi connectivity index (χ1v) is 17.8. The predicted molar refractivity (Wildman–Crippen MR) is 213 cm³/mol. The number of hydrogen-bond acceptors (Lipinski definition) is 0.